The summed E-state index contributed by atoms with van der Waals surface area (Å²) < 4.78 is 5.33. The van der Waals surface area contributed by atoms with E-state index in [1.165, 1.54) is 0 Å². The lowest BCUT2D eigenvalue weighted by Gasteiger charge is -2.13. The molecule has 2 aromatic carbocycles. The minimum Gasteiger partial charge on any atom is -0.454 e. The summed E-state index contributed by atoms with van der Waals surface area (Å²) in [5.74, 6) is -0.253. The van der Waals surface area contributed by atoms with Gasteiger partial charge in [-0.15, -0.1) is 11.8 Å². The van der Waals surface area contributed by atoms with Gasteiger partial charge in [0.15, 0.2) is 11.9 Å². The lowest BCUT2D eigenvalue weighted by Crippen LogP contribution is -2.19. The first kappa shape index (κ1) is 20.6. The van der Waals surface area contributed by atoms with Crippen LogP contribution in [-0.4, -0.2) is 33.4 Å². The van der Waals surface area contributed by atoms with E-state index in [0.717, 1.165) is 17.3 Å². The predicted molar refractivity (Wildman–Crippen MR) is 114 cm³/mol. The molecular weight excluding hydrogens is 390 g/mol. The van der Waals surface area contributed by atoms with E-state index in [9.17, 15) is 14.4 Å². The van der Waals surface area contributed by atoms with Gasteiger partial charge in [-0.05, 0) is 38.1 Å². The average Bonchev–Trinajstić information content (AvgIpc) is 2.69. The van der Waals surface area contributed by atoms with E-state index in [2.05, 4.69) is 15.3 Å². The van der Waals surface area contributed by atoms with Crippen molar-refractivity contribution >= 4 is 40.2 Å². The number of aromatic amines is 1. The van der Waals surface area contributed by atoms with E-state index in [1.807, 2.05) is 31.2 Å². The molecule has 1 amide bonds. The number of anilines is 1. The van der Waals surface area contributed by atoms with E-state index in [-0.39, 0.29) is 28.8 Å². The number of hydrogen-bond acceptors (Lipinski definition) is 6. The Morgan fingerprint density at radius 3 is 2.62 bits per heavy atom. The number of aromatic nitrogens is 2. The second-order valence-corrected chi connectivity index (χ2v) is 7.49. The number of rotatable bonds is 7. The lowest BCUT2D eigenvalue weighted by molar-refractivity contribution is -0.145. The van der Waals surface area contributed by atoms with Gasteiger partial charge in [-0.25, -0.2) is 4.98 Å². The van der Waals surface area contributed by atoms with Crippen LogP contribution in [0.15, 0.2) is 53.3 Å². The van der Waals surface area contributed by atoms with E-state index >= 15 is 0 Å². The average molecular weight is 411 g/mol. The van der Waals surface area contributed by atoms with Gasteiger partial charge in [0.25, 0.3) is 5.56 Å². The Hall–Kier alpha value is -3.13. The third-order valence-electron chi connectivity index (χ3n) is 4.11. The fourth-order valence-corrected chi connectivity index (χ4v) is 3.24. The van der Waals surface area contributed by atoms with E-state index in [4.69, 9.17) is 4.74 Å². The van der Waals surface area contributed by atoms with Crippen molar-refractivity contribution < 1.29 is 14.3 Å². The summed E-state index contributed by atoms with van der Waals surface area (Å²) in [4.78, 5) is 43.1. The summed E-state index contributed by atoms with van der Waals surface area (Å²) in [6.45, 7) is 3.61. The molecule has 0 bridgehead atoms. The van der Waals surface area contributed by atoms with Gasteiger partial charge in [0.05, 0.1) is 22.4 Å². The Morgan fingerprint density at radius 2 is 1.86 bits per heavy atom. The monoisotopic (exact) mass is 411 g/mol. The number of para-hydroxylation sites is 1. The number of amides is 1. The lowest BCUT2D eigenvalue weighted by atomic mass is 10.2. The first-order valence-corrected chi connectivity index (χ1v) is 10.2. The van der Waals surface area contributed by atoms with Crippen LogP contribution in [-0.2, 0) is 14.3 Å². The highest BCUT2D eigenvalue weighted by Gasteiger charge is 2.16. The van der Waals surface area contributed by atoms with Gasteiger partial charge >= 0.3 is 5.97 Å². The van der Waals surface area contributed by atoms with Gasteiger partial charge in [-0.3, -0.25) is 14.4 Å². The van der Waals surface area contributed by atoms with Crippen LogP contribution in [0.4, 0.5) is 5.69 Å². The summed E-state index contributed by atoms with van der Waals surface area (Å²) in [5, 5.41) is 3.25. The van der Waals surface area contributed by atoms with Crippen LogP contribution in [0.25, 0.3) is 10.9 Å². The molecule has 2 N–H and O–H groups in total. The third-order valence-corrected chi connectivity index (χ3v) is 5.02. The zero-order chi connectivity index (χ0) is 20.8. The fraction of sp³-hybridized carbons (Fsp3) is 0.238. The number of carbonyl (C=O) groups is 2. The van der Waals surface area contributed by atoms with Crippen LogP contribution in [0.5, 0.6) is 0 Å². The molecule has 0 saturated heterocycles. The van der Waals surface area contributed by atoms with Gasteiger partial charge < -0.3 is 15.0 Å². The van der Waals surface area contributed by atoms with Gasteiger partial charge in [-0.2, -0.15) is 0 Å². The molecule has 0 aliphatic rings. The maximum absolute atomic E-state index is 12.1. The Kier molecular flexibility index (Phi) is 6.66. The predicted octanol–water partition coefficient (Wildman–Crippen LogP) is 3.21. The molecule has 29 heavy (non-hydrogen) atoms. The molecule has 0 aliphatic carbocycles. The SMILES string of the molecule is Cc1ccc(NC(=O)CSCC(=O)O[C@@H](C)c2nc3ccccc3c(=O)[nH]2)cc1. The van der Waals surface area contributed by atoms with Crippen molar-refractivity contribution in [1.29, 1.82) is 0 Å². The van der Waals surface area contributed by atoms with Crippen LogP contribution >= 0.6 is 11.8 Å². The molecule has 3 rings (SSSR count). The molecule has 0 aliphatic heterocycles. The number of aryl methyl sites for hydroxylation is 1. The number of H-pyrrole nitrogens is 1. The van der Waals surface area contributed by atoms with Crippen LogP contribution in [0.1, 0.15) is 24.4 Å². The number of carbonyl (C=O) groups excluding carboxylic acids is 2. The number of nitrogens with one attached hydrogen (secondary N) is 2. The maximum Gasteiger partial charge on any atom is 0.316 e. The van der Waals surface area contributed by atoms with Crippen molar-refractivity contribution in [3.05, 3.63) is 70.3 Å². The number of nitrogens with zero attached hydrogens (tertiary/aromatic N) is 1. The van der Waals surface area contributed by atoms with Gasteiger partial charge in [0.1, 0.15) is 0 Å². The topological polar surface area (TPSA) is 101 Å². The number of hydrogen-bond donors (Lipinski definition) is 2. The molecule has 0 saturated carbocycles. The van der Waals surface area contributed by atoms with E-state index in [1.54, 1.807) is 31.2 Å². The van der Waals surface area contributed by atoms with Crippen molar-refractivity contribution in [1.82, 2.24) is 9.97 Å². The normalized spacial score (nSPS) is 11.8. The zero-order valence-electron chi connectivity index (χ0n) is 16.1. The summed E-state index contributed by atoms with van der Waals surface area (Å²) in [5.41, 5.74) is 2.08. The summed E-state index contributed by atoms with van der Waals surface area (Å²) in [6.07, 6.45) is -0.707. The molecule has 1 heterocycles. The van der Waals surface area contributed by atoms with Gasteiger partial charge in [-0.1, -0.05) is 29.8 Å². The number of esters is 1. The highest BCUT2D eigenvalue weighted by Crippen LogP contribution is 2.16. The molecular formula is C21H21N3O4S. The van der Waals surface area contributed by atoms with E-state index < -0.39 is 12.1 Å². The molecule has 3 aromatic rings. The smallest absolute Gasteiger partial charge is 0.316 e. The van der Waals surface area contributed by atoms with Crippen molar-refractivity contribution in [2.45, 2.75) is 20.0 Å². The van der Waals surface area contributed by atoms with Crippen LogP contribution in [0.3, 0.4) is 0 Å². The molecule has 1 atom stereocenters. The van der Waals surface area contributed by atoms with Gasteiger partial charge in [0, 0.05) is 5.69 Å². The highest BCUT2D eigenvalue weighted by atomic mass is 32.2. The zero-order valence-corrected chi connectivity index (χ0v) is 16.9. The van der Waals surface area contributed by atoms with Crippen molar-refractivity contribution in [2.24, 2.45) is 0 Å². The minimum absolute atomic E-state index is 0.0173. The largest absolute Gasteiger partial charge is 0.454 e. The van der Waals surface area contributed by atoms with Crippen LogP contribution in [0.2, 0.25) is 0 Å². The minimum atomic E-state index is -0.707. The summed E-state index contributed by atoms with van der Waals surface area (Å²) >= 11 is 1.16. The second-order valence-electron chi connectivity index (χ2n) is 6.51. The van der Waals surface area contributed by atoms with E-state index in [0.29, 0.717) is 16.6 Å². The van der Waals surface area contributed by atoms with Crippen molar-refractivity contribution in [3.63, 3.8) is 0 Å². The van der Waals surface area contributed by atoms with Crippen LogP contribution < -0.4 is 10.9 Å². The molecule has 150 valence electrons. The first-order chi connectivity index (χ1) is 13.9. The molecule has 0 radical (unpaired) electrons. The Bertz CT molecular complexity index is 1080. The van der Waals surface area contributed by atoms with Crippen molar-refractivity contribution in [2.75, 3.05) is 16.8 Å². The molecule has 0 fully saturated rings. The number of ether oxygens (including phenoxy) is 1. The number of fused-ring (bicyclic) bond motifs is 1. The van der Waals surface area contributed by atoms with Crippen molar-refractivity contribution in [3.8, 4) is 0 Å². The molecule has 1 aromatic heterocycles. The number of benzene rings is 2. The Labute approximate surface area is 171 Å². The summed E-state index contributed by atoms with van der Waals surface area (Å²) in [6, 6.07) is 14.4. The molecule has 7 nitrogen and oxygen atoms in total. The Morgan fingerprint density at radius 1 is 1.14 bits per heavy atom. The maximum atomic E-state index is 12.1. The standard InChI is InChI=1S/C21H21N3O4S/c1-13-7-9-15(10-8-13)22-18(25)11-29-12-19(26)28-14(2)20-23-17-6-4-3-5-16(17)21(27)24-20/h3-10,14H,11-12H2,1-2H3,(H,22,25)(H,23,24,27)/t14-/m0/s1. The molecule has 8 heteroatoms. The van der Waals surface area contributed by atoms with Crippen LogP contribution in [0, 0.1) is 6.92 Å². The third kappa shape index (κ3) is 5.68. The first-order valence-electron chi connectivity index (χ1n) is 9.05. The Balaban J connectivity index is 1.48. The molecule has 0 spiro atoms. The highest BCUT2D eigenvalue weighted by molar-refractivity contribution is 8.00. The molecule has 0 unspecified atom stereocenters. The fourth-order valence-electron chi connectivity index (χ4n) is 2.65. The number of thioether (sulfide) groups is 1. The quantitative estimate of drug-likeness (QED) is 0.579. The van der Waals surface area contributed by atoms with Gasteiger partial charge in [0.2, 0.25) is 5.91 Å². The second kappa shape index (κ2) is 9.38. The summed E-state index contributed by atoms with van der Waals surface area (Å²) in [7, 11) is 0.